The van der Waals surface area contributed by atoms with Crippen LogP contribution in [0.5, 0.6) is 0 Å². The fourth-order valence-corrected chi connectivity index (χ4v) is 5.19. The summed E-state index contributed by atoms with van der Waals surface area (Å²) in [5.41, 5.74) is 1.92. The van der Waals surface area contributed by atoms with Crippen LogP contribution in [-0.4, -0.2) is 64.2 Å². The Morgan fingerprint density at radius 3 is 1.93 bits per heavy atom. The van der Waals surface area contributed by atoms with Crippen LogP contribution in [0.25, 0.3) is 11.1 Å². The molecule has 3 amide bonds. The number of carboxylic acids is 2. The number of aryl methyl sites for hydroxylation is 1. The summed E-state index contributed by atoms with van der Waals surface area (Å²) in [7, 11) is 0. The Balaban J connectivity index is 1.86. The summed E-state index contributed by atoms with van der Waals surface area (Å²) in [6, 6.07) is 26.1. The Morgan fingerprint density at radius 2 is 1.39 bits per heavy atom. The number of rotatable bonds is 16. The highest BCUT2D eigenvalue weighted by molar-refractivity contribution is 5.87. The molecule has 9 heteroatoms. The van der Waals surface area contributed by atoms with E-state index in [2.05, 4.69) is 10.6 Å². The third-order valence-electron chi connectivity index (χ3n) is 7.54. The topological polar surface area (TPSA) is 136 Å². The van der Waals surface area contributed by atoms with E-state index in [0.29, 0.717) is 18.4 Å². The first kappa shape index (κ1) is 33.8. The summed E-state index contributed by atoms with van der Waals surface area (Å²) < 4.78 is 0. The molecule has 0 aliphatic heterocycles. The zero-order valence-electron chi connectivity index (χ0n) is 25.7. The lowest BCUT2D eigenvalue weighted by Gasteiger charge is -2.35. The minimum Gasteiger partial charge on any atom is -0.481 e. The molecule has 0 bridgehead atoms. The second-order valence-electron chi connectivity index (χ2n) is 11.6. The quantitative estimate of drug-likeness (QED) is 0.177. The lowest BCUT2D eigenvalue weighted by atomic mass is 9.86. The summed E-state index contributed by atoms with van der Waals surface area (Å²) in [5.74, 6) is -3.41. The van der Waals surface area contributed by atoms with Crippen molar-refractivity contribution in [2.75, 3.05) is 19.6 Å². The number of benzene rings is 3. The Hall–Kier alpha value is -4.66. The van der Waals surface area contributed by atoms with E-state index in [9.17, 15) is 29.4 Å². The van der Waals surface area contributed by atoms with Gasteiger partial charge in [0.25, 0.3) is 0 Å². The Labute approximate surface area is 259 Å². The van der Waals surface area contributed by atoms with Crippen LogP contribution < -0.4 is 10.6 Å². The highest BCUT2D eigenvalue weighted by atomic mass is 16.4. The fraction of sp³-hybridized carbons (Fsp3) is 0.371. The molecule has 44 heavy (non-hydrogen) atoms. The van der Waals surface area contributed by atoms with Crippen molar-refractivity contribution in [1.29, 1.82) is 0 Å². The van der Waals surface area contributed by atoms with Gasteiger partial charge in [-0.1, -0.05) is 98.8 Å². The molecular formula is C35H43N3O6. The molecule has 9 nitrogen and oxygen atoms in total. The number of nitrogens with one attached hydrogen (secondary N) is 2. The van der Waals surface area contributed by atoms with Gasteiger partial charge in [-0.15, -0.1) is 0 Å². The number of hydrogen-bond donors (Lipinski definition) is 4. The molecular weight excluding hydrogens is 558 g/mol. The average molecular weight is 602 g/mol. The molecule has 4 N–H and O–H groups in total. The number of aliphatic carboxylic acids is 2. The number of carbonyl (C=O) groups is 4. The van der Waals surface area contributed by atoms with Gasteiger partial charge in [-0.05, 0) is 47.4 Å². The Bertz CT molecular complexity index is 1380. The van der Waals surface area contributed by atoms with Crippen molar-refractivity contribution in [3.63, 3.8) is 0 Å². The third kappa shape index (κ3) is 10.3. The molecule has 3 aromatic carbocycles. The van der Waals surface area contributed by atoms with Crippen molar-refractivity contribution >= 4 is 23.9 Å². The van der Waals surface area contributed by atoms with Gasteiger partial charge in [-0.3, -0.25) is 9.59 Å². The van der Waals surface area contributed by atoms with E-state index in [1.807, 2.05) is 98.8 Å². The molecule has 0 saturated carbocycles. The summed E-state index contributed by atoms with van der Waals surface area (Å²) in [4.78, 5) is 52.0. The van der Waals surface area contributed by atoms with Crippen molar-refractivity contribution in [3.05, 3.63) is 96.1 Å². The van der Waals surface area contributed by atoms with E-state index >= 15 is 0 Å². The van der Waals surface area contributed by atoms with Crippen LogP contribution in [0.2, 0.25) is 0 Å². The van der Waals surface area contributed by atoms with E-state index in [0.717, 1.165) is 16.7 Å². The van der Waals surface area contributed by atoms with Crippen LogP contribution in [0, 0.1) is 11.8 Å². The SMILES string of the molecule is CC(=O)NCC[C@@](Cc1ccc(-c2ccccc2)cc1)(NC(=O)N(CC(C)C)CC(CCc1ccccc1)C(=O)O)C(=O)O. The van der Waals surface area contributed by atoms with Crippen LogP contribution in [0.3, 0.4) is 0 Å². The summed E-state index contributed by atoms with van der Waals surface area (Å²) in [5, 5.41) is 26.0. The number of carbonyl (C=O) groups excluding carboxylic acids is 2. The normalized spacial score (nSPS) is 13.0. The monoisotopic (exact) mass is 601 g/mol. The molecule has 0 radical (unpaired) electrons. The molecule has 234 valence electrons. The molecule has 0 aliphatic carbocycles. The number of nitrogens with zero attached hydrogens (tertiary/aromatic N) is 1. The molecule has 0 saturated heterocycles. The van der Waals surface area contributed by atoms with E-state index in [1.54, 1.807) is 0 Å². The molecule has 0 heterocycles. The summed E-state index contributed by atoms with van der Waals surface area (Å²) in [6.45, 7) is 5.37. The number of hydrogen-bond acceptors (Lipinski definition) is 4. The van der Waals surface area contributed by atoms with Gasteiger partial charge in [-0.2, -0.15) is 0 Å². The highest BCUT2D eigenvalue weighted by Crippen LogP contribution is 2.24. The second kappa shape index (κ2) is 16.3. The van der Waals surface area contributed by atoms with E-state index in [4.69, 9.17) is 0 Å². The minimum atomic E-state index is -1.76. The number of carboxylic acid groups (broad SMARTS) is 2. The molecule has 0 aliphatic rings. The van der Waals surface area contributed by atoms with Crippen LogP contribution in [-0.2, 0) is 27.2 Å². The Kier molecular flexibility index (Phi) is 12.5. The van der Waals surface area contributed by atoms with Gasteiger partial charge >= 0.3 is 18.0 Å². The predicted molar refractivity (Wildman–Crippen MR) is 170 cm³/mol. The molecule has 0 spiro atoms. The molecule has 3 aromatic rings. The highest BCUT2D eigenvalue weighted by Gasteiger charge is 2.41. The van der Waals surface area contributed by atoms with Crippen molar-refractivity contribution in [1.82, 2.24) is 15.5 Å². The standard InChI is InChI=1S/C35H43N3O6/c1-25(2)23-38(24-31(32(40)41)19-14-27-10-6-4-7-11-27)34(44)37-35(33(42)43,20-21-36-26(3)39)22-28-15-17-30(18-16-28)29-12-8-5-9-13-29/h4-13,15-18,25,31H,14,19-24H2,1-3H3,(H,36,39)(H,37,44)(H,40,41)(H,42,43)/t31?,35-/m0/s1. The second-order valence-corrected chi connectivity index (χ2v) is 11.6. The first-order valence-corrected chi connectivity index (χ1v) is 14.9. The van der Waals surface area contributed by atoms with Gasteiger partial charge < -0.3 is 25.7 Å². The average Bonchev–Trinajstić information content (AvgIpc) is 2.99. The van der Waals surface area contributed by atoms with Gasteiger partial charge in [0, 0.05) is 33.0 Å². The van der Waals surface area contributed by atoms with Gasteiger partial charge in [0.1, 0.15) is 5.54 Å². The first-order valence-electron chi connectivity index (χ1n) is 14.9. The van der Waals surface area contributed by atoms with Crippen LogP contribution in [0.15, 0.2) is 84.9 Å². The largest absolute Gasteiger partial charge is 0.481 e. The van der Waals surface area contributed by atoms with E-state index in [1.165, 1.54) is 11.8 Å². The zero-order valence-corrected chi connectivity index (χ0v) is 25.7. The maximum Gasteiger partial charge on any atom is 0.329 e. The van der Waals surface area contributed by atoms with Crippen molar-refractivity contribution < 1.29 is 29.4 Å². The fourth-order valence-electron chi connectivity index (χ4n) is 5.19. The smallest absolute Gasteiger partial charge is 0.329 e. The van der Waals surface area contributed by atoms with E-state index in [-0.39, 0.29) is 44.3 Å². The minimum absolute atomic E-state index is 0.00783. The number of urea groups is 1. The maximum absolute atomic E-state index is 13.8. The lowest BCUT2D eigenvalue weighted by Crippen LogP contribution is -2.61. The summed E-state index contributed by atoms with van der Waals surface area (Å²) in [6.07, 6.45) is 0.750. The van der Waals surface area contributed by atoms with Crippen LogP contribution >= 0.6 is 0 Å². The van der Waals surface area contributed by atoms with Crippen molar-refractivity contribution in [3.8, 4) is 11.1 Å². The van der Waals surface area contributed by atoms with Crippen LogP contribution in [0.1, 0.15) is 44.7 Å². The third-order valence-corrected chi connectivity index (χ3v) is 7.54. The number of amides is 3. The predicted octanol–water partition coefficient (Wildman–Crippen LogP) is 5.25. The molecule has 0 fully saturated rings. The molecule has 0 aromatic heterocycles. The van der Waals surface area contributed by atoms with Crippen molar-refractivity contribution in [2.24, 2.45) is 11.8 Å². The molecule has 3 rings (SSSR count). The van der Waals surface area contributed by atoms with Gasteiger partial charge in [0.2, 0.25) is 5.91 Å². The lowest BCUT2D eigenvalue weighted by molar-refractivity contribution is -0.145. The van der Waals surface area contributed by atoms with Gasteiger partial charge in [0.15, 0.2) is 0 Å². The summed E-state index contributed by atoms with van der Waals surface area (Å²) >= 11 is 0. The van der Waals surface area contributed by atoms with Crippen LogP contribution in [0.4, 0.5) is 4.79 Å². The maximum atomic E-state index is 13.8. The van der Waals surface area contributed by atoms with Crippen molar-refractivity contribution in [2.45, 2.75) is 52.0 Å². The van der Waals surface area contributed by atoms with E-state index < -0.39 is 29.4 Å². The molecule has 1 unspecified atom stereocenters. The molecule has 2 atom stereocenters. The van der Waals surface area contributed by atoms with Gasteiger partial charge in [0.05, 0.1) is 5.92 Å². The Morgan fingerprint density at radius 1 is 0.795 bits per heavy atom. The van der Waals surface area contributed by atoms with Gasteiger partial charge in [-0.25, -0.2) is 9.59 Å². The first-order chi connectivity index (χ1) is 21.0. The zero-order chi connectivity index (χ0) is 32.1.